The van der Waals surface area contributed by atoms with Gasteiger partial charge in [0.15, 0.2) is 0 Å². The van der Waals surface area contributed by atoms with Crippen LogP contribution < -0.4 is 5.32 Å². The molecule has 0 radical (unpaired) electrons. The van der Waals surface area contributed by atoms with Crippen molar-refractivity contribution >= 4 is 29.1 Å². The molecule has 1 aromatic rings. The highest BCUT2D eigenvalue weighted by Gasteiger charge is 2.34. The van der Waals surface area contributed by atoms with Crippen LogP contribution in [0.5, 0.6) is 0 Å². The van der Waals surface area contributed by atoms with E-state index in [9.17, 15) is 22.8 Å². The normalized spacial score (nSPS) is 11.1. The lowest BCUT2D eigenvalue weighted by Gasteiger charge is -2.19. The number of hydrogen-bond acceptors (Lipinski definition) is 2. The molecule has 8 heteroatoms. The first-order valence-corrected chi connectivity index (χ1v) is 6.55. The molecule has 0 spiro atoms. The fourth-order valence-corrected chi connectivity index (χ4v) is 1.86. The summed E-state index contributed by atoms with van der Waals surface area (Å²) in [5.74, 6) is -2.01. The molecule has 0 aliphatic carbocycles. The molecule has 0 atom stereocenters. The molecule has 0 aliphatic heterocycles. The topological polar surface area (TPSA) is 49.4 Å². The first kappa shape index (κ1) is 17.3. The van der Waals surface area contributed by atoms with E-state index >= 15 is 0 Å². The third-order valence-corrected chi connectivity index (χ3v) is 3.02. The summed E-state index contributed by atoms with van der Waals surface area (Å²) in [7, 11) is 0. The van der Waals surface area contributed by atoms with Gasteiger partial charge in [0, 0.05) is 18.1 Å². The van der Waals surface area contributed by atoms with Crippen molar-refractivity contribution < 1.29 is 22.8 Å². The molecule has 21 heavy (non-hydrogen) atoms. The Morgan fingerprint density at radius 1 is 1.24 bits per heavy atom. The van der Waals surface area contributed by atoms with Gasteiger partial charge in [0.1, 0.15) is 0 Å². The van der Waals surface area contributed by atoms with E-state index in [1.165, 1.54) is 11.0 Å². The highest BCUT2D eigenvalue weighted by Crippen LogP contribution is 2.36. The lowest BCUT2D eigenvalue weighted by atomic mass is 10.1. The number of benzene rings is 1. The van der Waals surface area contributed by atoms with Gasteiger partial charge in [0.2, 0.25) is 0 Å². The Labute approximate surface area is 124 Å². The fraction of sp³-hybridized carbons (Fsp3) is 0.385. The van der Waals surface area contributed by atoms with Crippen LogP contribution in [0.25, 0.3) is 0 Å². The molecule has 4 nitrogen and oxygen atoms in total. The van der Waals surface area contributed by atoms with Crippen LogP contribution in [0.3, 0.4) is 0 Å². The zero-order valence-electron chi connectivity index (χ0n) is 11.4. The van der Waals surface area contributed by atoms with Crippen molar-refractivity contribution in [2.24, 2.45) is 0 Å². The smallest absolute Gasteiger partial charge is 0.335 e. The van der Waals surface area contributed by atoms with Crippen LogP contribution in [0.2, 0.25) is 5.02 Å². The monoisotopic (exact) mass is 322 g/mol. The molecule has 2 amide bonds. The van der Waals surface area contributed by atoms with E-state index in [1.807, 2.05) is 5.32 Å². The third-order valence-electron chi connectivity index (χ3n) is 2.78. The predicted octanol–water partition coefficient (Wildman–Crippen LogP) is 3.17. The molecule has 116 valence electrons. The summed E-state index contributed by atoms with van der Waals surface area (Å²) >= 11 is 5.53. The van der Waals surface area contributed by atoms with E-state index in [0.717, 1.165) is 6.07 Å². The fourth-order valence-electron chi connectivity index (χ4n) is 1.69. The van der Waals surface area contributed by atoms with E-state index in [4.69, 9.17) is 11.6 Å². The number of halogens is 4. The van der Waals surface area contributed by atoms with Crippen LogP contribution in [0.1, 0.15) is 19.4 Å². The zero-order valence-corrected chi connectivity index (χ0v) is 12.2. The van der Waals surface area contributed by atoms with E-state index in [1.54, 1.807) is 13.8 Å². The second-order valence-electron chi connectivity index (χ2n) is 4.12. The number of nitrogens with zero attached hydrogens (tertiary/aromatic N) is 1. The molecule has 0 saturated heterocycles. The largest absolute Gasteiger partial charge is 0.418 e. The van der Waals surface area contributed by atoms with Crippen molar-refractivity contribution in [2.45, 2.75) is 20.0 Å². The van der Waals surface area contributed by atoms with Crippen molar-refractivity contribution in [1.29, 1.82) is 0 Å². The Hall–Kier alpha value is -1.76. The minimum Gasteiger partial charge on any atom is -0.335 e. The highest BCUT2D eigenvalue weighted by molar-refractivity contribution is 6.39. The minimum atomic E-state index is -4.69. The van der Waals surface area contributed by atoms with Crippen LogP contribution in [-0.2, 0) is 15.8 Å². The number of rotatable bonds is 3. The Bertz CT molecular complexity index is 543. The standard InChI is InChI=1S/C13H14ClF3N2O2/c1-3-19(4-2)12(21)11(20)18-10-6-5-8(14)7-9(10)13(15,16)17/h5-7H,3-4H2,1-2H3,(H,18,20). The first-order valence-electron chi connectivity index (χ1n) is 6.17. The lowest BCUT2D eigenvalue weighted by molar-refractivity contribution is -0.143. The van der Waals surface area contributed by atoms with Crippen molar-refractivity contribution in [1.82, 2.24) is 4.90 Å². The summed E-state index contributed by atoms with van der Waals surface area (Å²) in [6, 6.07) is 2.91. The van der Waals surface area contributed by atoms with Crippen molar-refractivity contribution in [3.63, 3.8) is 0 Å². The Morgan fingerprint density at radius 2 is 1.81 bits per heavy atom. The molecule has 1 N–H and O–H groups in total. The van der Waals surface area contributed by atoms with E-state index in [-0.39, 0.29) is 18.1 Å². The number of carbonyl (C=O) groups excluding carboxylic acids is 2. The Morgan fingerprint density at radius 3 is 2.29 bits per heavy atom. The molecule has 0 aromatic heterocycles. The third kappa shape index (κ3) is 4.35. The summed E-state index contributed by atoms with van der Waals surface area (Å²) in [5.41, 5.74) is -1.60. The number of nitrogens with one attached hydrogen (secondary N) is 1. The van der Waals surface area contributed by atoms with Crippen molar-refractivity contribution in [2.75, 3.05) is 18.4 Å². The maximum Gasteiger partial charge on any atom is 0.418 e. The van der Waals surface area contributed by atoms with Gasteiger partial charge < -0.3 is 10.2 Å². The maximum atomic E-state index is 12.9. The van der Waals surface area contributed by atoms with Crippen molar-refractivity contribution in [3.05, 3.63) is 28.8 Å². The second-order valence-corrected chi connectivity index (χ2v) is 4.56. The summed E-state index contributed by atoms with van der Waals surface area (Å²) in [4.78, 5) is 24.7. The average Bonchev–Trinajstić information content (AvgIpc) is 2.40. The zero-order chi connectivity index (χ0) is 16.2. The van der Waals surface area contributed by atoms with Crippen LogP contribution in [0.15, 0.2) is 18.2 Å². The molecule has 0 heterocycles. The minimum absolute atomic E-state index is 0.115. The van der Waals surface area contributed by atoms with E-state index < -0.39 is 29.2 Å². The first-order chi connectivity index (χ1) is 9.70. The lowest BCUT2D eigenvalue weighted by Crippen LogP contribution is -2.39. The summed E-state index contributed by atoms with van der Waals surface area (Å²) in [5, 5.41) is 1.87. The number of likely N-dealkylation sites (N-methyl/N-ethyl adjacent to an activating group) is 1. The molecule has 0 saturated carbocycles. The second kappa shape index (κ2) is 6.80. The molecule has 0 bridgehead atoms. The SMILES string of the molecule is CCN(CC)C(=O)C(=O)Nc1ccc(Cl)cc1C(F)(F)F. The molecule has 0 aliphatic rings. The van der Waals surface area contributed by atoms with Gasteiger partial charge in [0.25, 0.3) is 0 Å². The van der Waals surface area contributed by atoms with Crippen LogP contribution >= 0.6 is 11.6 Å². The van der Waals surface area contributed by atoms with Crippen LogP contribution in [-0.4, -0.2) is 29.8 Å². The quantitative estimate of drug-likeness (QED) is 0.869. The molecule has 0 fully saturated rings. The van der Waals surface area contributed by atoms with Gasteiger partial charge in [-0.25, -0.2) is 0 Å². The molecule has 1 aromatic carbocycles. The number of anilines is 1. The highest BCUT2D eigenvalue weighted by atomic mass is 35.5. The van der Waals surface area contributed by atoms with Gasteiger partial charge in [-0.3, -0.25) is 9.59 Å². The summed E-state index contributed by atoms with van der Waals surface area (Å²) in [6.45, 7) is 3.90. The van der Waals surface area contributed by atoms with Gasteiger partial charge in [-0.2, -0.15) is 13.2 Å². The molecule has 0 unspecified atom stereocenters. The predicted molar refractivity (Wildman–Crippen MR) is 73.0 cm³/mol. The van der Waals surface area contributed by atoms with Gasteiger partial charge in [-0.05, 0) is 32.0 Å². The summed E-state index contributed by atoms with van der Waals surface area (Å²) < 4.78 is 38.6. The van der Waals surface area contributed by atoms with Gasteiger partial charge in [0.05, 0.1) is 11.3 Å². The molecular weight excluding hydrogens is 309 g/mol. The van der Waals surface area contributed by atoms with E-state index in [0.29, 0.717) is 6.07 Å². The van der Waals surface area contributed by atoms with Gasteiger partial charge in [-0.1, -0.05) is 11.6 Å². The Balaban J connectivity index is 3.03. The van der Waals surface area contributed by atoms with Crippen molar-refractivity contribution in [3.8, 4) is 0 Å². The number of carbonyl (C=O) groups is 2. The van der Waals surface area contributed by atoms with Crippen LogP contribution in [0, 0.1) is 0 Å². The number of hydrogen-bond donors (Lipinski definition) is 1. The van der Waals surface area contributed by atoms with E-state index in [2.05, 4.69) is 0 Å². The van der Waals surface area contributed by atoms with Gasteiger partial charge >= 0.3 is 18.0 Å². The maximum absolute atomic E-state index is 12.9. The van der Waals surface area contributed by atoms with Gasteiger partial charge in [-0.15, -0.1) is 0 Å². The summed E-state index contributed by atoms with van der Waals surface area (Å²) in [6.07, 6.45) is -4.69. The van der Waals surface area contributed by atoms with Crippen LogP contribution in [0.4, 0.5) is 18.9 Å². The number of alkyl halides is 3. The molecular formula is C13H14ClF3N2O2. The Kier molecular flexibility index (Phi) is 5.60. The molecule has 1 rings (SSSR count). The average molecular weight is 323 g/mol. The number of amides is 2.